The summed E-state index contributed by atoms with van der Waals surface area (Å²) in [6.07, 6.45) is -3.35. The van der Waals surface area contributed by atoms with Crippen molar-refractivity contribution in [1.29, 1.82) is 0 Å². The summed E-state index contributed by atoms with van der Waals surface area (Å²) in [6.45, 7) is 0. The van der Waals surface area contributed by atoms with Gasteiger partial charge in [0.05, 0.1) is 27.4 Å². The maximum Gasteiger partial charge on any atom is 0.416 e. The Balaban J connectivity index is 1.67. The Morgan fingerprint density at radius 2 is 1.79 bits per heavy atom. The smallest absolute Gasteiger partial charge is 0.416 e. The monoisotopic (exact) mass is 585 g/mol. The number of nitro benzene ring substituents is 1. The number of carbonyl (C=O) groups excluding carboxylic acids is 1. The van der Waals surface area contributed by atoms with Crippen molar-refractivity contribution in [2.24, 2.45) is 5.10 Å². The number of nitrogens with zero attached hydrogens (tertiary/aromatic N) is 2. The van der Waals surface area contributed by atoms with Gasteiger partial charge in [0.1, 0.15) is 11.5 Å². The third-order valence-electron chi connectivity index (χ3n) is 4.38. The zero-order valence-corrected chi connectivity index (χ0v) is 19.5. The normalized spacial score (nSPS) is 11.3. The Morgan fingerprint density at radius 3 is 2.41 bits per heavy atom. The van der Waals surface area contributed by atoms with E-state index in [4.69, 9.17) is 9.47 Å². The highest BCUT2D eigenvalue weighted by Crippen LogP contribution is 2.37. The minimum atomic E-state index is -4.72. The number of rotatable bonds is 7. The molecule has 34 heavy (non-hydrogen) atoms. The first-order chi connectivity index (χ1) is 16.1. The molecule has 0 aromatic heterocycles. The molecule has 0 atom stereocenters. The Kier molecular flexibility index (Phi) is 7.71. The summed E-state index contributed by atoms with van der Waals surface area (Å²) in [7, 11) is 1.50. The Hall–Kier alpha value is -3.68. The van der Waals surface area contributed by atoms with Crippen LogP contribution in [0, 0.1) is 13.7 Å². The van der Waals surface area contributed by atoms with Gasteiger partial charge in [-0.15, -0.1) is 0 Å². The second-order valence-electron chi connectivity index (χ2n) is 6.66. The molecular weight excluding hydrogens is 570 g/mol. The molecule has 0 bridgehead atoms. The van der Waals surface area contributed by atoms with E-state index < -0.39 is 28.3 Å². The van der Waals surface area contributed by atoms with E-state index in [1.807, 2.05) is 0 Å². The van der Waals surface area contributed by atoms with Gasteiger partial charge in [-0.3, -0.25) is 14.9 Å². The van der Waals surface area contributed by atoms with Gasteiger partial charge in [-0.1, -0.05) is 0 Å². The summed E-state index contributed by atoms with van der Waals surface area (Å²) in [6, 6.07) is 13.0. The molecular formula is C22H15F3IN3O5. The van der Waals surface area contributed by atoms with Gasteiger partial charge in [-0.2, -0.15) is 18.3 Å². The van der Waals surface area contributed by atoms with Crippen LogP contribution in [0.4, 0.5) is 18.9 Å². The first-order valence-electron chi connectivity index (χ1n) is 9.39. The number of hydrogen-bond donors (Lipinski definition) is 1. The number of carbonyl (C=O) groups is 1. The van der Waals surface area contributed by atoms with Crippen LogP contribution >= 0.6 is 22.6 Å². The predicted molar refractivity (Wildman–Crippen MR) is 125 cm³/mol. The predicted octanol–water partition coefficient (Wildman–Crippen LogP) is 5.78. The molecule has 3 rings (SSSR count). The standard InChI is InChI=1S/C22H15F3IN3O5/c1-33-20-10-14(4-8-17(20)26)21(30)28-27-12-13-2-6-16(7-3-13)34-19-9-5-15(22(23,24)25)11-18(19)29(31)32/h2-12H,1H3,(H,28,30)/b27-12-. The minimum absolute atomic E-state index is 0.162. The number of hydrogen-bond acceptors (Lipinski definition) is 6. The van der Waals surface area contributed by atoms with Gasteiger partial charge in [0.15, 0.2) is 0 Å². The molecule has 12 heteroatoms. The number of amides is 1. The topological polar surface area (TPSA) is 103 Å². The molecule has 0 aliphatic carbocycles. The van der Waals surface area contributed by atoms with Crippen molar-refractivity contribution in [1.82, 2.24) is 5.43 Å². The molecule has 3 aromatic rings. The van der Waals surface area contributed by atoms with Gasteiger partial charge in [0, 0.05) is 11.6 Å². The molecule has 1 N–H and O–H groups in total. The largest absolute Gasteiger partial charge is 0.496 e. The second kappa shape index (κ2) is 10.5. The molecule has 0 aliphatic rings. The van der Waals surface area contributed by atoms with E-state index in [-0.39, 0.29) is 11.5 Å². The van der Waals surface area contributed by atoms with Crippen molar-refractivity contribution in [3.05, 3.63) is 91.0 Å². The van der Waals surface area contributed by atoms with Crippen LogP contribution < -0.4 is 14.9 Å². The summed E-state index contributed by atoms with van der Waals surface area (Å²) >= 11 is 2.08. The maximum atomic E-state index is 12.8. The lowest BCUT2D eigenvalue weighted by atomic mass is 10.2. The average molecular weight is 585 g/mol. The van der Waals surface area contributed by atoms with Crippen molar-refractivity contribution in [2.75, 3.05) is 7.11 Å². The number of alkyl halides is 3. The summed E-state index contributed by atoms with van der Waals surface area (Å²) in [5.41, 5.74) is 1.35. The van der Waals surface area contributed by atoms with Crippen molar-refractivity contribution in [2.45, 2.75) is 6.18 Å². The fourth-order valence-electron chi connectivity index (χ4n) is 2.70. The van der Waals surface area contributed by atoms with Crippen LogP contribution in [-0.4, -0.2) is 24.2 Å². The highest BCUT2D eigenvalue weighted by Gasteiger charge is 2.33. The fraction of sp³-hybridized carbons (Fsp3) is 0.0909. The van der Waals surface area contributed by atoms with E-state index in [1.165, 1.54) is 25.5 Å². The fourth-order valence-corrected chi connectivity index (χ4v) is 3.26. The molecule has 0 aliphatic heterocycles. The molecule has 3 aromatic carbocycles. The number of methoxy groups -OCH3 is 1. The van der Waals surface area contributed by atoms with E-state index in [0.717, 1.165) is 9.64 Å². The van der Waals surface area contributed by atoms with Gasteiger partial charge in [-0.25, -0.2) is 5.43 Å². The van der Waals surface area contributed by atoms with Gasteiger partial charge < -0.3 is 9.47 Å². The number of benzene rings is 3. The average Bonchev–Trinajstić information content (AvgIpc) is 2.79. The molecule has 0 unspecified atom stereocenters. The molecule has 0 heterocycles. The SMILES string of the molecule is COc1cc(C(=O)N/N=C\c2ccc(Oc3ccc(C(F)(F)F)cc3[N+](=O)[O-])cc2)ccc1I. The molecule has 0 fully saturated rings. The van der Waals surface area contributed by atoms with Crippen LogP contribution in [-0.2, 0) is 6.18 Å². The first-order valence-corrected chi connectivity index (χ1v) is 10.5. The summed E-state index contributed by atoms with van der Waals surface area (Å²) in [4.78, 5) is 22.4. The van der Waals surface area contributed by atoms with E-state index in [2.05, 4.69) is 33.1 Å². The Morgan fingerprint density at radius 1 is 1.09 bits per heavy atom. The molecule has 0 saturated carbocycles. The van der Waals surface area contributed by atoms with Gasteiger partial charge in [0.2, 0.25) is 5.75 Å². The number of hydrazone groups is 1. The van der Waals surface area contributed by atoms with E-state index >= 15 is 0 Å². The molecule has 176 valence electrons. The van der Waals surface area contributed by atoms with Crippen LogP contribution in [0.2, 0.25) is 0 Å². The van der Waals surface area contributed by atoms with Crippen molar-refractivity contribution in [3.63, 3.8) is 0 Å². The number of nitrogens with one attached hydrogen (secondary N) is 1. The van der Waals surface area contributed by atoms with Crippen LogP contribution in [0.1, 0.15) is 21.5 Å². The zero-order chi connectivity index (χ0) is 24.9. The maximum absolute atomic E-state index is 12.8. The van der Waals surface area contributed by atoms with Crippen molar-refractivity contribution in [3.8, 4) is 17.2 Å². The zero-order valence-electron chi connectivity index (χ0n) is 17.3. The molecule has 1 amide bonds. The summed E-state index contributed by atoms with van der Waals surface area (Å²) < 4.78 is 49.9. The number of nitro groups is 1. The van der Waals surface area contributed by atoms with Crippen LogP contribution in [0.3, 0.4) is 0 Å². The lowest BCUT2D eigenvalue weighted by Crippen LogP contribution is -2.17. The third-order valence-corrected chi connectivity index (χ3v) is 5.28. The highest BCUT2D eigenvalue weighted by atomic mass is 127. The minimum Gasteiger partial charge on any atom is -0.496 e. The van der Waals surface area contributed by atoms with E-state index in [0.29, 0.717) is 29.0 Å². The Labute approximate surface area is 204 Å². The van der Waals surface area contributed by atoms with E-state index in [1.54, 1.807) is 30.3 Å². The van der Waals surface area contributed by atoms with Crippen molar-refractivity contribution >= 4 is 40.4 Å². The van der Waals surface area contributed by atoms with Crippen LogP contribution in [0.5, 0.6) is 17.2 Å². The third kappa shape index (κ3) is 6.21. The Bertz CT molecular complexity index is 1250. The van der Waals surface area contributed by atoms with Crippen molar-refractivity contribution < 1.29 is 32.4 Å². The van der Waals surface area contributed by atoms with E-state index in [9.17, 15) is 28.1 Å². The molecule has 0 saturated heterocycles. The highest BCUT2D eigenvalue weighted by molar-refractivity contribution is 14.1. The molecule has 8 nitrogen and oxygen atoms in total. The van der Waals surface area contributed by atoms with Gasteiger partial charge >= 0.3 is 11.9 Å². The summed E-state index contributed by atoms with van der Waals surface area (Å²) in [5.74, 6) is -0.0590. The van der Waals surface area contributed by atoms with Gasteiger partial charge in [0.25, 0.3) is 5.91 Å². The first kappa shape index (κ1) is 25.0. The number of ether oxygens (including phenoxy) is 2. The lowest BCUT2D eigenvalue weighted by Gasteiger charge is -2.10. The number of halogens is 4. The lowest BCUT2D eigenvalue weighted by molar-refractivity contribution is -0.385. The van der Waals surface area contributed by atoms with Gasteiger partial charge in [-0.05, 0) is 82.8 Å². The van der Waals surface area contributed by atoms with Crippen LogP contribution in [0.25, 0.3) is 0 Å². The quantitative estimate of drug-likeness (QED) is 0.164. The summed E-state index contributed by atoms with van der Waals surface area (Å²) in [5, 5.41) is 15.0. The molecule has 0 radical (unpaired) electrons. The second-order valence-corrected chi connectivity index (χ2v) is 7.82. The van der Waals surface area contributed by atoms with Crippen LogP contribution in [0.15, 0.2) is 65.8 Å². The molecule has 0 spiro atoms.